The number of rotatable bonds is 3. The molecule has 1 aromatic carbocycles. The SMILES string of the molecule is C[C@@H]1CC[C@@H](C(C)(C)c2ccccc2)[C@H](OC(=O)NO)C1. The number of hydrogen-bond acceptors (Lipinski definition) is 3. The molecule has 4 nitrogen and oxygen atoms in total. The Balaban J connectivity index is 2.23. The van der Waals surface area contributed by atoms with Crippen LogP contribution in [0.1, 0.15) is 45.6 Å². The predicted octanol–water partition coefficient (Wildman–Crippen LogP) is 3.88. The predicted molar refractivity (Wildman–Crippen MR) is 81.2 cm³/mol. The van der Waals surface area contributed by atoms with E-state index in [2.05, 4.69) is 32.9 Å². The first-order chi connectivity index (χ1) is 9.95. The summed E-state index contributed by atoms with van der Waals surface area (Å²) in [4.78, 5) is 11.4. The van der Waals surface area contributed by atoms with Crippen LogP contribution in [0, 0.1) is 11.8 Å². The van der Waals surface area contributed by atoms with Gasteiger partial charge in [0.2, 0.25) is 0 Å². The minimum atomic E-state index is -0.761. The van der Waals surface area contributed by atoms with Gasteiger partial charge in [-0.25, -0.2) is 10.3 Å². The molecular weight excluding hydrogens is 266 g/mol. The zero-order valence-electron chi connectivity index (χ0n) is 13.0. The quantitative estimate of drug-likeness (QED) is 0.656. The molecule has 2 N–H and O–H groups in total. The largest absolute Gasteiger partial charge is 0.444 e. The van der Waals surface area contributed by atoms with Crippen LogP contribution in [0.2, 0.25) is 0 Å². The molecule has 0 unspecified atom stereocenters. The number of hydroxylamine groups is 1. The summed E-state index contributed by atoms with van der Waals surface area (Å²) in [7, 11) is 0. The highest BCUT2D eigenvalue weighted by atomic mass is 16.6. The van der Waals surface area contributed by atoms with E-state index in [1.165, 1.54) is 5.56 Å². The molecule has 0 bridgehead atoms. The molecule has 116 valence electrons. The van der Waals surface area contributed by atoms with Gasteiger partial charge < -0.3 is 4.74 Å². The van der Waals surface area contributed by atoms with Gasteiger partial charge in [-0.1, -0.05) is 57.5 Å². The highest BCUT2D eigenvalue weighted by molar-refractivity contribution is 5.65. The lowest BCUT2D eigenvalue weighted by atomic mass is 9.64. The van der Waals surface area contributed by atoms with Crippen molar-refractivity contribution < 1.29 is 14.7 Å². The van der Waals surface area contributed by atoms with Crippen LogP contribution in [0.25, 0.3) is 0 Å². The average Bonchev–Trinajstić information content (AvgIpc) is 2.48. The van der Waals surface area contributed by atoms with Crippen molar-refractivity contribution in [1.29, 1.82) is 0 Å². The number of nitrogens with one attached hydrogen (secondary N) is 1. The van der Waals surface area contributed by atoms with Gasteiger partial charge in [0.15, 0.2) is 0 Å². The van der Waals surface area contributed by atoms with Crippen LogP contribution in [0.5, 0.6) is 0 Å². The molecule has 0 saturated heterocycles. The Morgan fingerprint density at radius 2 is 1.95 bits per heavy atom. The Labute approximate surface area is 126 Å². The number of carbonyl (C=O) groups excluding carboxylic acids is 1. The molecule has 2 rings (SSSR count). The lowest BCUT2D eigenvalue weighted by Crippen LogP contribution is -2.44. The zero-order valence-corrected chi connectivity index (χ0v) is 13.0. The normalized spacial score (nSPS) is 26.2. The monoisotopic (exact) mass is 291 g/mol. The smallest absolute Gasteiger partial charge is 0.431 e. The molecule has 0 aromatic heterocycles. The first kappa shape index (κ1) is 15.8. The second kappa shape index (κ2) is 6.48. The summed E-state index contributed by atoms with van der Waals surface area (Å²) in [6, 6.07) is 10.3. The van der Waals surface area contributed by atoms with Crippen molar-refractivity contribution in [2.75, 3.05) is 0 Å². The number of carbonyl (C=O) groups is 1. The Morgan fingerprint density at radius 3 is 2.57 bits per heavy atom. The Morgan fingerprint density at radius 1 is 1.29 bits per heavy atom. The molecule has 4 heteroatoms. The van der Waals surface area contributed by atoms with Crippen LogP contribution in [-0.2, 0) is 10.2 Å². The summed E-state index contributed by atoms with van der Waals surface area (Å²) in [5.74, 6) is 0.776. The summed E-state index contributed by atoms with van der Waals surface area (Å²) in [6.07, 6.45) is 2.07. The zero-order chi connectivity index (χ0) is 15.5. The summed E-state index contributed by atoms with van der Waals surface area (Å²) in [5.41, 5.74) is 2.75. The van der Waals surface area contributed by atoms with Crippen molar-refractivity contribution in [1.82, 2.24) is 5.48 Å². The molecule has 3 atom stereocenters. The van der Waals surface area contributed by atoms with Crippen LogP contribution >= 0.6 is 0 Å². The summed E-state index contributed by atoms with van der Waals surface area (Å²) in [6.45, 7) is 6.59. The summed E-state index contributed by atoms with van der Waals surface area (Å²) < 4.78 is 5.43. The fourth-order valence-electron chi connectivity index (χ4n) is 3.53. The number of amides is 1. The highest BCUT2D eigenvalue weighted by Gasteiger charge is 2.41. The molecule has 1 fully saturated rings. The fourth-order valence-corrected chi connectivity index (χ4v) is 3.53. The van der Waals surface area contributed by atoms with Gasteiger partial charge in [-0.15, -0.1) is 0 Å². The maximum Gasteiger partial charge on any atom is 0.431 e. The second-order valence-corrected chi connectivity index (χ2v) is 6.67. The first-order valence-electron chi connectivity index (χ1n) is 7.61. The van der Waals surface area contributed by atoms with E-state index in [1.807, 2.05) is 18.2 Å². The number of ether oxygens (including phenoxy) is 1. The standard InChI is InChI=1S/C17H25NO3/c1-12-9-10-14(15(11-12)21-16(19)18-20)17(2,3)13-7-5-4-6-8-13/h4-8,12,14-15,20H,9-11H2,1-3H3,(H,18,19)/t12-,14-,15-/m1/s1. The van der Waals surface area contributed by atoms with Crippen molar-refractivity contribution >= 4 is 6.09 Å². The minimum Gasteiger partial charge on any atom is -0.444 e. The number of benzene rings is 1. The van der Waals surface area contributed by atoms with Crippen molar-refractivity contribution in [3.05, 3.63) is 35.9 Å². The first-order valence-corrected chi connectivity index (χ1v) is 7.61. The Hall–Kier alpha value is -1.55. The van der Waals surface area contributed by atoms with Crippen LogP contribution in [0.15, 0.2) is 30.3 Å². The van der Waals surface area contributed by atoms with Gasteiger partial charge in [0.05, 0.1) is 0 Å². The Bertz CT molecular complexity index is 472. The molecule has 0 aliphatic heterocycles. The third-order valence-corrected chi connectivity index (χ3v) is 4.85. The van der Waals surface area contributed by atoms with E-state index in [-0.39, 0.29) is 17.4 Å². The minimum absolute atomic E-state index is 0.0815. The van der Waals surface area contributed by atoms with E-state index in [1.54, 1.807) is 5.48 Å². The van der Waals surface area contributed by atoms with Crippen molar-refractivity contribution in [2.24, 2.45) is 11.8 Å². The van der Waals surface area contributed by atoms with E-state index in [0.29, 0.717) is 5.92 Å². The van der Waals surface area contributed by atoms with Crippen LogP contribution < -0.4 is 5.48 Å². The molecule has 0 heterocycles. The molecule has 1 amide bonds. The lowest BCUT2D eigenvalue weighted by Gasteiger charge is -2.43. The summed E-state index contributed by atoms with van der Waals surface area (Å²) >= 11 is 0. The maximum absolute atomic E-state index is 11.4. The van der Waals surface area contributed by atoms with Gasteiger partial charge in [0, 0.05) is 5.92 Å². The number of hydrogen-bond donors (Lipinski definition) is 2. The van der Waals surface area contributed by atoms with E-state index in [0.717, 1.165) is 19.3 Å². The van der Waals surface area contributed by atoms with E-state index in [9.17, 15) is 4.79 Å². The van der Waals surface area contributed by atoms with Gasteiger partial charge in [0.1, 0.15) is 6.10 Å². The molecule has 21 heavy (non-hydrogen) atoms. The molecule has 1 aliphatic carbocycles. The van der Waals surface area contributed by atoms with E-state index >= 15 is 0 Å². The van der Waals surface area contributed by atoms with E-state index in [4.69, 9.17) is 9.94 Å². The van der Waals surface area contributed by atoms with Gasteiger partial charge in [-0.05, 0) is 29.7 Å². The van der Waals surface area contributed by atoms with Gasteiger partial charge in [-0.3, -0.25) is 5.21 Å². The van der Waals surface area contributed by atoms with Gasteiger partial charge in [-0.2, -0.15) is 0 Å². The Kier molecular flexibility index (Phi) is 4.88. The fraction of sp³-hybridized carbons (Fsp3) is 0.588. The molecule has 1 saturated carbocycles. The maximum atomic E-state index is 11.4. The molecule has 1 aromatic rings. The third-order valence-electron chi connectivity index (χ3n) is 4.85. The van der Waals surface area contributed by atoms with Crippen LogP contribution in [0.3, 0.4) is 0 Å². The lowest BCUT2D eigenvalue weighted by molar-refractivity contribution is -0.0177. The molecular formula is C17H25NO3. The van der Waals surface area contributed by atoms with E-state index < -0.39 is 6.09 Å². The van der Waals surface area contributed by atoms with Crippen molar-refractivity contribution in [2.45, 2.75) is 51.6 Å². The van der Waals surface area contributed by atoms with Gasteiger partial charge in [0.25, 0.3) is 0 Å². The molecule has 1 aliphatic rings. The topological polar surface area (TPSA) is 58.6 Å². The molecule has 0 radical (unpaired) electrons. The third kappa shape index (κ3) is 3.56. The van der Waals surface area contributed by atoms with Gasteiger partial charge >= 0.3 is 6.09 Å². The van der Waals surface area contributed by atoms with Crippen LogP contribution in [0.4, 0.5) is 4.79 Å². The highest BCUT2D eigenvalue weighted by Crippen LogP contribution is 2.43. The summed E-state index contributed by atoms with van der Waals surface area (Å²) in [5, 5.41) is 8.71. The molecule has 0 spiro atoms. The van der Waals surface area contributed by atoms with Crippen molar-refractivity contribution in [3.8, 4) is 0 Å². The second-order valence-electron chi connectivity index (χ2n) is 6.67. The van der Waals surface area contributed by atoms with Crippen molar-refractivity contribution in [3.63, 3.8) is 0 Å². The average molecular weight is 291 g/mol. The van der Waals surface area contributed by atoms with Crippen LogP contribution in [-0.4, -0.2) is 17.4 Å².